The maximum atomic E-state index is 10.8. The van der Waals surface area contributed by atoms with Crippen molar-refractivity contribution in [2.24, 2.45) is 0 Å². The minimum absolute atomic E-state index is 0.00162. The fraction of sp³-hybridized carbons (Fsp3) is 0.222. The lowest BCUT2D eigenvalue weighted by Gasteiger charge is -2.10. The highest BCUT2D eigenvalue weighted by atomic mass is 35.5. The van der Waals surface area contributed by atoms with E-state index in [2.05, 4.69) is 25.1 Å². The van der Waals surface area contributed by atoms with Crippen molar-refractivity contribution in [2.75, 3.05) is 19.0 Å². The first kappa shape index (κ1) is 12.2. The molecule has 18 heavy (non-hydrogen) atoms. The maximum Gasteiger partial charge on any atom is 0.329 e. The monoisotopic (exact) mass is 268 g/mol. The molecule has 0 saturated heterocycles. The number of aromatic nitrogens is 5. The number of aromatic amines is 1. The summed E-state index contributed by atoms with van der Waals surface area (Å²) in [6, 6.07) is 2.67. The first-order chi connectivity index (χ1) is 8.54. The molecule has 2 rings (SSSR count). The lowest BCUT2D eigenvalue weighted by Crippen LogP contribution is -2.14. The predicted octanol–water partition coefficient (Wildman–Crippen LogP) is 0.467. The van der Waals surface area contributed by atoms with Crippen molar-refractivity contribution in [1.29, 1.82) is 0 Å². The molecule has 94 valence electrons. The summed E-state index contributed by atoms with van der Waals surface area (Å²) in [6.07, 6.45) is 0. The molecule has 0 saturated carbocycles. The molecule has 1 N–H and O–H groups in total. The van der Waals surface area contributed by atoms with Gasteiger partial charge in [0.1, 0.15) is 0 Å². The van der Waals surface area contributed by atoms with Crippen LogP contribution in [0.2, 0.25) is 5.28 Å². The Bertz CT molecular complexity index is 594. The van der Waals surface area contributed by atoms with Crippen molar-refractivity contribution in [3.63, 3.8) is 0 Å². The van der Waals surface area contributed by atoms with E-state index in [0.717, 1.165) is 0 Å². The number of H-pyrrole nitrogens is 1. The molecule has 9 heteroatoms. The van der Waals surface area contributed by atoms with Crippen molar-refractivity contribution in [3.8, 4) is 11.9 Å². The van der Waals surface area contributed by atoms with Crippen LogP contribution in [0.5, 0.6) is 11.9 Å². The zero-order chi connectivity index (χ0) is 13.1. The van der Waals surface area contributed by atoms with Gasteiger partial charge in [-0.2, -0.15) is 15.0 Å². The second-order valence-corrected chi connectivity index (χ2v) is 3.78. The zero-order valence-electron chi connectivity index (χ0n) is 9.59. The summed E-state index contributed by atoms with van der Waals surface area (Å²) in [5.41, 5.74) is -0.329. The average molecular weight is 269 g/mol. The Hall–Kier alpha value is -2.22. The van der Waals surface area contributed by atoms with E-state index in [1.165, 1.54) is 12.1 Å². The van der Waals surface area contributed by atoms with E-state index in [1.807, 2.05) is 0 Å². The Balaban J connectivity index is 2.28. The molecule has 0 atom stereocenters. The standard InChI is InChI=1S/C9H9ClN6O2/c1-16(2)8-11-7(10)12-9(13-8)18-6-4-3-5(17)14-15-6/h3-4H,1-2H3,(H,14,17). The molecular weight excluding hydrogens is 260 g/mol. The molecule has 0 radical (unpaired) electrons. The number of anilines is 1. The van der Waals surface area contributed by atoms with Crippen molar-refractivity contribution in [1.82, 2.24) is 25.1 Å². The Morgan fingerprint density at radius 3 is 2.67 bits per heavy atom. The van der Waals surface area contributed by atoms with Crippen LogP contribution in [-0.2, 0) is 0 Å². The number of hydrogen-bond acceptors (Lipinski definition) is 7. The Labute approximate surface area is 107 Å². The molecule has 0 aliphatic carbocycles. The molecule has 0 aliphatic heterocycles. The van der Waals surface area contributed by atoms with Crippen LogP contribution < -0.4 is 15.2 Å². The summed E-state index contributed by atoms with van der Waals surface area (Å²) in [7, 11) is 3.52. The van der Waals surface area contributed by atoms with Gasteiger partial charge in [-0.25, -0.2) is 5.10 Å². The summed E-state index contributed by atoms with van der Waals surface area (Å²) in [6.45, 7) is 0. The molecule has 0 amide bonds. The van der Waals surface area contributed by atoms with Gasteiger partial charge >= 0.3 is 6.01 Å². The van der Waals surface area contributed by atoms with Gasteiger partial charge in [0, 0.05) is 26.2 Å². The lowest BCUT2D eigenvalue weighted by atomic mass is 10.6. The van der Waals surface area contributed by atoms with E-state index < -0.39 is 0 Å². The van der Waals surface area contributed by atoms with Gasteiger partial charge in [0.15, 0.2) is 0 Å². The summed E-state index contributed by atoms with van der Waals surface area (Å²) in [5, 5.41) is 5.90. The molecule has 0 spiro atoms. The van der Waals surface area contributed by atoms with E-state index in [-0.39, 0.29) is 22.7 Å². The number of hydrogen-bond donors (Lipinski definition) is 1. The SMILES string of the molecule is CN(C)c1nc(Cl)nc(Oc2ccc(=O)[nH]n2)n1. The van der Waals surface area contributed by atoms with Crippen LogP contribution in [0.1, 0.15) is 0 Å². The van der Waals surface area contributed by atoms with E-state index in [0.29, 0.717) is 5.95 Å². The topological polar surface area (TPSA) is 96.9 Å². The van der Waals surface area contributed by atoms with Crippen LogP contribution >= 0.6 is 11.6 Å². The van der Waals surface area contributed by atoms with Crippen molar-refractivity contribution in [2.45, 2.75) is 0 Å². The summed E-state index contributed by atoms with van der Waals surface area (Å²) in [4.78, 5) is 24.2. The summed E-state index contributed by atoms with van der Waals surface area (Å²) in [5.74, 6) is 0.510. The zero-order valence-corrected chi connectivity index (χ0v) is 10.3. The van der Waals surface area contributed by atoms with Crippen LogP contribution in [0.15, 0.2) is 16.9 Å². The van der Waals surface area contributed by atoms with Gasteiger partial charge in [-0.15, -0.1) is 5.10 Å². The van der Waals surface area contributed by atoms with Crippen LogP contribution in [0, 0.1) is 0 Å². The highest BCUT2D eigenvalue weighted by Gasteiger charge is 2.09. The minimum atomic E-state index is -0.329. The predicted molar refractivity (Wildman–Crippen MR) is 64.1 cm³/mol. The highest BCUT2D eigenvalue weighted by Crippen LogP contribution is 2.17. The summed E-state index contributed by atoms with van der Waals surface area (Å²) < 4.78 is 5.25. The first-order valence-electron chi connectivity index (χ1n) is 4.87. The second-order valence-electron chi connectivity index (χ2n) is 3.44. The van der Waals surface area contributed by atoms with Gasteiger partial charge in [0.25, 0.3) is 5.56 Å². The summed E-state index contributed by atoms with van der Waals surface area (Å²) >= 11 is 5.74. The largest absolute Gasteiger partial charge is 0.403 e. The molecule has 2 aromatic rings. The molecule has 8 nitrogen and oxygen atoms in total. The third-order valence-electron chi connectivity index (χ3n) is 1.83. The van der Waals surface area contributed by atoms with Gasteiger partial charge < -0.3 is 9.64 Å². The van der Waals surface area contributed by atoms with Crippen molar-refractivity contribution < 1.29 is 4.74 Å². The van der Waals surface area contributed by atoms with E-state index in [9.17, 15) is 4.79 Å². The number of nitrogens with one attached hydrogen (secondary N) is 1. The van der Waals surface area contributed by atoms with Crippen LogP contribution in [0.3, 0.4) is 0 Å². The third-order valence-corrected chi connectivity index (χ3v) is 1.99. The fourth-order valence-electron chi connectivity index (χ4n) is 1.05. The molecule has 2 aromatic heterocycles. The Kier molecular flexibility index (Phi) is 3.38. The molecule has 2 heterocycles. The fourth-order valence-corrected chi connectivity index (χ4v) is 1.20. The average Bonchev–Trinajstić information content (AvgIpc) is 2.31. The Morgan fingerprint density at radius 2 is 2.06 bits per heavy atom. The maximum absolute atomic E-state index is 10.8. The molecule has 0 unspecified atom stereocenters. The highest BCUT2D eigenvalue weighted by molar-refractivity contribution is 6.28. The van der Waals surface area contributed by atoms with Gasteiger partial charge in [0.05, 0.1) is 0 Å². The number of rotatable bonds is 3. The number of ether oxygens (including phenoxy) is 1. The Morgan fingerprint density at radius 1 is 1.28 bits per heavy atom. The van der Waals surface area contributed by atoms with Crippen LogP contribution in [0.4, 0.5) is 5.95 Å². The number of halogens is 1. The van der Waals surface area contributed by atoms with Gasteiger partial charge in [0.2, 0.25) is 17.1 Å². The molecule has 0 bridgehead atoms. The number of nitrogens with zero attached hydrogens (tertiary/aromatic N) is 5. The van der Waals surface area contributed by atoms with E-state index in [1.54, 1.807) is 19.0 Å². The normalized spacial score (nSPS) is 10.2. The van der Waals surface area contributed by atoms with Crippen LogP contribution in [-0.4, -0.2) is 39.2 Å². The lowest BCUT2D eigenvalue weighted by molar-refractivity contribution is 0.416. The second kappa shape index (κ2) is 4.96. The first-order valence-corrected chi connectivity index (χ1v) is 5.25. The quantitative estimate of drug-likeness (QED) is 0.864. The smallest absolute Gasteiger partial charge is 0.329 e. The minimum Gasteiger partial charge on any atom is -0.403 e. The van der Waals surface area contributed by atoms with E-state index in [4.69, 9.17) is 16.3 Å². The molecule has 0 aliphatic rings. The van der Waals surface area contributed by atoms with Crippen molar-refractivity contribution in [3.05, 3.63) is 27.8 Å². The molecule has 0 fully saturated rings. The van der Waals surface area contributed by atoms with Crippen molar-refractivity contribution >= 4 is 17.5 Å². The van der Waals surface area contributed by atoms with E-state index >= 15 is 0 Å². The molecular formula is C9H9ClN6O2. The van der Waals surface area contributed by atoms with Crippen LogP contribution in [0.25, 0.3) is 0 Å². The van der Waals surface area contributed by atoms with Gasteiger partial charge in [-0.1, -0.05) is 0 Å². The van der Waals surface area contributed by atoms with Gasteiger partial charge in [-0.3, -0.25) is 4.79 Å². The molecule has 0 aromatic carbocycles. The third kappa shape index (κ3) is 2.92. The van der Waals surface area contributed by atoms with Gasteiger partial charge in [-0.05, 0) is 11.6 Å².